The summed E-state index contributed by atoms with van der Waals surface area (Å²) in [4.78, 5) is 23.5. The smallest absolute Gasteiger partial charge is 0.338 e. The minimum Gasteiger partial charge on any atom is -0.449 e. The Morgan fingerprint density at radius 1 is 1.15 bits per heavy atom. The fourth-order valence-electron chi connectivity index (χ4n) is 2.25. The molecule has 0 aliphatic rings. The summed E-state index contributed by atoms with van der Waals surface area (Å²) in [5.74, 6) is -0.171. The van der Waals surface area contributed by atoms with E-state index in [-0.39, 0.29) is 17.5 Å². The maximum Gasteiger partial charge on any atom is 0.338 e. The van der Waals surface area contributed by atoms with Crippen molar-refractivity contribution in [3.05, 3.63) is 70.1 Å². The lowest BCUT2D eigenvalue weighted by Crippen LogP contribution is -2.09. The van der Waals surface area contributed by atoms with Crippen molar-refractivity contribution in [1.29, 1.82) is 0 Å². The van der Waals surface area contributed by atoms with Crippen molar-refractivity contribution < 1.29 is 18.9 Å². The molecule has 0 bridgehead atoms. The van der Waals surface area contributed by atoms with E-state index in [1.807, 2.05) is 18.4 Å². The average molecular weight is 385 g/mol. The SMILES string of the molecule is CSc1ccc(C(=O)O[C@@H](C)c2nnc(-c3ccc([N+](=O)[O-])cc3)o2)cc1. The number of non-ortho nitro benzene ring substituents is 1. The van der Waals surface area contributed by atoms with Crippen LogP contribution in [-0.2, 0) is 4.74 Å². The molecule has 1 atom stereocenters. The number of nitro benzene ring substituents is 1. The normalized spacial score (nSPS) is 11.8. The van der Waals surface area contributed by atoms with Gasteiger partial charge in [0, 0.05) is 22.6 Å². The largest absolute Gasteiger partial charge is 0.449 e. The number of carbonyl (C=O) groups is 1. The van der Waals surface area contributed by atoms with Gasteiger partial charge in [0.25, 0.3) is 11.6 Å². The van der Waals surface area contributed by atoms with E-state index in [2.05, 4.69) is 10.2 Å². The van der Waals surface area contributed by atoms with E-state index in [0.717, 1.165) is 4.90 Å². The van der Waals surface area contributed by atoms with Crippen molar-refractivity contribution >= 4 is 23.4 Å². The Morgan fingerprint density at radius 3 is 2.41 bits per heavy atom. The van der Waals surface area contributed by atoms with Crippen LogP contribution in [-0.4, -0.2) is 27.3 Å². The van der Waals surface area contributed by atoms with E-state index in [1.54, 1.807) is 30.8 Å². The number of nitrogens with zero attached hydrogens (tertiary/aromatic N) is 3. The Bertz CT molecular complexity index is 954. The third-order valence-corrected chi connectivity index (χ3v) is 4.47. The molecule has 1 heterocycles. The number of benzene rings is 2. The highest BCUT2D eigenvalue weighted by molar-refractivity contribution is 7.98. The Labute approximate surface area is 158 Å². The molecule has 3 aromatic rings. The Morgan fingerprint density at radius 2 is 1.81 bits per heavy atom. The van der Waals surface area contributed by atoms with Gasteiger partial charge in [0.2, 0.25) is 5.89 Å². The van der Waals surface area contributed by atoms with Crippen LogP contribution in [0.4, 0.5) is 5.69 Å². The molecule has 0 unspecified atom stereocenters. The van der Waals surface area contributed by atoms with Crippen LogP contribution in [0.25, 0.3) is 11.5 Å². The van der Waals surface area contributed by atoms with Crippen LogP contribution in [0.1, 0.15) is 29.3 Å². The van der Waals surface area contributed by atoms with Crippen LogP contribution < -0.4 is 0 Å². The third kappa shape index (κ3) is 4.32. The summed E-state index contributed by atoms with van der Waals surface area (Å²) in [7, 11) is 0. The Kier molecular flexibility index (Phi) is 5.51. The maximum absolute atomic E-state index is 12.2. The van der Waals surface area contributed by atoms with Crippen LogP contribution in [0.3, 0.4) is 0 Å². The molecular formula is C18H15N3O5S. The number of ether oxygens (including phenoxy) is 1. The van der Waals surface area contributed by atoms with Crippen molar-refractivity contribution in [2.24, 2.45) is 0 Å². The van der Waals surface area contributed by atoms with Gasteiger partial charge in [-0.25, -0.2) is 4.79 Å². The van der Waals surface area contributed by atoms with E-state index < -0.39 is 17.0 Å². The number of aromatic nitrogens is 2. The number of nitro groups is 1. The van der Waals surface area contributed by atoms with Gasteiger partial charge in [-0.2, -0.15) is 0 Å². The first-order chi connectivity index (χ1) is 13.0. The van der Waals surface area contributed by atoms with Gasteiger partial charge in [-0.1, -0.05) is 0 Å². The predicted octanol–water partition coefficient (Wildman–Crippen LogP) is 4.28. The first-order valence-electron chi connectivity index (χ1n) is 7.91. The highest BCUT2D eigenvalue weighted by Crippen LogP contribution is 2.25. The van der Waals surface area contributed by atoms with Gasteiger partial charge in [-0.05, 0) is 49.6 Å². The number of carbonyl (C=O) groups excluding carboxylic acids is 1. The molecule has 0 amide bonds. The molecule has 138 valence electrons. The summed E-state index contributed by atoms with van der Waals surface area (Å²) >= 11 is 1.58. The molecule has 2 aromatic carbocycles. The molecule has 0 saturated carbocycles. The molecule has 9 heteroatoms. The van der Waals surface area contributed by atoms with Crippen LogP contribution in [0, 0.1) is 10.1 Å². The zero-order valence-electron chi connectivity index (χ0n) is 14.5. The van der Waals surface area contributed by atoms with Crippen LogP contribution >= 0.6 is 11.8 Å². The zero-order valence-corrected chi connectivity index (χ0v) is 15.3. The maximum atomic E-state index is 12.2. The van der Waals surface area contributed by atoms with Crippen LogP contribution in [0.2, 0.25) is 0 Å². The first kappa shape index (κ1) is 18.6. The lowest BCUT2D eigenvalue weighted by molar-refractivity contribution is -0.384. The fourth-order valence-corrected chi connectivity index (χ4v) is 2.66. The van der Waals surface area contributed by atoms with Gasteiger partial charge >= 0.3 is 5.97 Å². The predicted molar refractivity (Wildman–Crippen MR) is 98.4 cm³/mol. The molecule has 8 nitrogen and oxygen atoms in total. The summed E-state index contributed by atoms with van der Waals surface area (Å²) in [6, 6.07) is 12.8. The number of hydrogen-bond acceptors (Lipinski definition) is 8. The van der Waals surface area contributed by atoms with Gasteiger partial charge in [0.1, 0.15) is 0 Å². The van der Waals surface area contributed by atoms with Gasteiger partial charge in [0.15, 0.2) is 6.10 Å². The van der Waals surface area contributed by atoms with E-state index >= 15 is 0 Å². The third-order valence-electron chi connectivity index (χ3n) is 3.72. The number of hydrogen-bond donors (Lipinski definition) is 0. The highest BCUT2D eigenvalue weighted by Gasteiger charge is 2.20. The highest BCUT2D eigenvalue weighted by atomic mass is 32.2. The van der Waals surface area contributed by atoms with Crippen molar-refractivity contribution in [3.63, 3.8) is 0 Å². The number of rotatable bonds is 6. The van der Waals surface area contributed by atoms with Crippen molar-refractivity contribution in [3.8, 4) is 11.5 Å². The fraction of sp³-hybridized carbons (Fsp3) is 0.167. The first-order valence-corrected chi connectivity index (χ1v) is 9.13. The molecular weight excluding hydrogens is 370 g/mol. The van der Waals surface area contributed by atoms with Gasteiger partial charge in [-0.3, -0.25) is 10.1 Å². The number of esters is 1. The van der Waals surface area contributed by atoms with Gasteiger partial charge < -0.3 is 9.15 Å². The van der Waals surface area contributed by atoms with E-state index in [0.29, 0.717) is 11.1 Å². The minimum absolute atomic E-state index is 0.0340. The molecule has 0 spiro atoms. The molecule has 0 saturated heterocycles. The van der Waals surface area contributed by atoms with Crippen molar-refractivity contribution in [1.82, 2.24) is 10.2 Å². The molecule has 1 aromatic heterocycles. The minimum atomic E-state index is -0.739. The second kappa shape index (κ2) is 8.00. The second-order valence-electron chi connectivity index (χ2n) is 5.53. The molecule has 3 rings (SSSR count). The topological polar surface area (TPSA) is 108 Å². The standard InChI is InChI=1S/C18H15N3O5S/c1-11(25-18(22)13-5-9-15(27-2)10-6-13)16-19-20-17(26-16)12-3-7-14(8-4-12)21(23)24/h3-11H,1-2H3/t11-/m0/s1. The zero-order chi connectivity index (χ0) is 19.4. The van der Waals surface area contributed by atoms with E-state index in [1.165, 1.54) is 24.3 Å². The molecule has 0 aliphatic carbocycles. The van der Waals surface area contributed by atoms with Crippen LogP contribution in [0.15, 0.2) is 57.8 Å². The molecule has 0 fully saturated rings. The average Bonchev–Trinajstić information content (AvgIpc) is 3.18. The Hall–Kier alpha value is -3.20. The molecule has 0 aliphatic heterocycles. The van der Waals surface area contributed by atoms with Crippen molar-refractivity contribution in [2.45, 2.75) is 17.9 Å². The summed E-state index contributed by atoms with van der Waals surface area (Å²) < 4.78 is 10.9. The molecule has 27 heavy (non-hydrogen) atoms. The molecule has 0 radical (unpaired) electrons. The van der Waals surface area contributed by atoms with Gasteiger partial charge in [-0.15, -0.1) is 22.0 Å². The lowest BCUT2D eigenvalue weighted by Gasteiger charge is -2.09. The lowest BCUT2D eigenvalue weighted by atomic mass is 10.2. The second-order valence-corrected chi connectivity index (χ2v) is 6.41. The molecule has 0 N–H and O–H groups in total. The van der Waals surface area contributed by atoms with Crippen LogP contribution in [0.5, 0.6) is 0 Å². The Balaban J connectivity index is 1.69. The van der Waals surface area contributed by atoms with E-state index in [9.17, 15) is 14.9 Å². The summed E-state index contributed by atoms with van der Waals surface area (Å²) in [5.41, 5.74) is 0.925. The van der Waals surface area contributed by atoms with Gasteiger partial charge in [0.05, 0.1) is 10.5 Å². The van der Waals surface area contributed by atoms with E-state index in [4.69, 9.17) is 9.15 Å². The number of thioether (sulfide) groups is 1. The summed E-state index contributed by atoms with van der Waals surface area (Å²) in [6.45, 7) is 1.63. The summed E-state index contributed by atoms with van der Waals surface area (Å²) in [6.07, 6.45) is 1.21. The monoisotopic (exact) mass is 385 g/mol. The summed E-state index contributed by atoms with van der Waals surface area (Å²) in [5, 5.41) is 18.5. The quantitative estimate of drug-likeness (QED) is 0.268. The van der Waals surface area contributed by atoms with Crippen molar-refractivity contribution in [2.75, 3.05) is 6.26 Å².